The molecule has 1 fully saturated rings. The van der Waals surface area contributed by atoms with Gasteiger partial charge >= 0.3 is 6.03 Å². The molecule has 122 valence electrons. The second-order valence-corrected chi connectivity index (χ2v) is 5.90. The Bertz CT molecular complexity index is 459. The van der Waals surface area contributed by atoms with Gasteiger partial charge in [0, 0.05) is 58.0 Å². The Morgan fingerprint density at radius 2 is 1.91 bits per heavy atom. The van der Waals surface area contributed by atoms with Crippen molar-refractivity contribution in [3.63, 3.8) is 0 Å². The van der Waals surface area contributed by atoms with Gasteiger partial charge in [0.15, 0.2) is 0 Å². The molecule has 0 atom stereocenters. The summed E-state index contributed by atoms with van der Waals surface area (Å²) in [6.45, 7) is 5.57. The third kappa shape index (κ3) is 5.48. The summed E-state index contributed by atoms with van der Waals surface area (Å²) >= 11 is 5.90. The van der Waals surface area contributed by atoms with Crippen molar-refractivity contribution < 1.29 is 9.53 Å². The highest BCUT2D eigenvalue weighted by Gasteiger charge is 2.20. The first-order valence-electron chi connectivity index (χ1n) is 7.67. The van der Waals surface area contributed by atoms with Crippen LogP contribution in [0.15, 0.2) is 24.3 Å². The van der Waals surface area contributed by atoms with Gasteiger partial charge in [0.1, 0.15) is 0 Å². The van der Waals surface area contributed by atoms with Crippen molar-refractivity contribution in [3.05, 3.63) is 34.9 Å². The number of nitrogens with one attached hydrogen (secondary N) is 1. The number of ether oxygens (including phenoxy) is 1. The minimum Gasteiger partial charge on any atom is -0.385 e. The zero-order valence-electron chi connectivity index (χ0n) is 13.1. The molecular weight excluding hydrogens is 302 g/mol. The Hall–Kier alpha value is -1.30. The van der Waals surface area contributed by atoms with Gasteiger partial charge in [-0.3, -0.25) is 4.90 Å². The third-order valence-corrected chi connectivity index (χ3v) is 4.03. The van der Waals surface area contributed by atoms with Crippen molar-refractivity contribution in [3.8, 4) is 0 Å². The summed E-state index contributed by atoms with van der Waals surface area (Å²) in [5.74, 6) is 0. The molecule has 0 aromatic heterocycles. The lowest BCUT2D eigenvalue weighted by Crippen LogP contribution is -2.51. The molecule has 0 radical (unpaired) electrons. The standard InChI is InChI=1S/C16H24ClN3O2/c1-22-12-2-7-18-16(21)20-10-8-19(9-11-20)13-14-3-5-15(17)6-4-14/h3-6H,2,7-13H2,1H3,(H,18,21). The minimum atomic E-state index is 0.0299. The minimum absolute atomic E-state index is 0.0299. The number of urea groups is 1. The van der Waals surface area contributed by atoms with Crippen LogP contribution in [0.3, 0.4) is 0 Å². The predicted molar refractivity (Wildman–Crippen MR) is 88.2 cm³/mol. The normalized spacial score (nSPS) is 15.8. The molecule has 1 aromatic rings. The number of hydrogen-bond acceptors (Lipinski definition) is 3. The zero-order valence-corrected chi connectivity index (χ0v) is 13.8. The molecule has 0 spiro atoms. The number of carbonyl (C=O) groups excluding carboxylic acids is 1. The van der Waals surface area contributed by atoms with Crippen LogP contribution in [0.25, 0.3) is 0 Å². The highest BCUT2D eigenvalue weighted by atomic mass is 35.5. The maximum Gasteiger partial charge on any atom is 0.317 e. The summed E-state index contributed by atoms with van der Waals surface area (Å²) < 4.78 is 4.97. The number of halogens is 1. The number of rotatable bonds is 6. The molecule has 2 rings (SSSR count). The maximum absolute atomic E-state index is 12.0. The monoisotopic (exact) mass is 325 g/mol. The number of nitrogens with zero attached hydrogens (tertiary/aromatic N) is 2. The van der Waals surface area contributed by atoms with Crippen LogP contribution in [-0.2, 0) is 11.3 Å². The number of hydrogen-bond donors (Lipinski definition) is 1. The Morgan fingerprint density at radius 1 is 1.23 bits per heavy atom. The van der Waals surface area contributed by atoms with Crippen LogP contribution in [0.4, 0.5) is 4.79 Å². The van der Waals surface area contributed by atoms with E-state index in [0.29, 0.717) is 13.2 Å². The first-order valence-corrected chi connectivity index (χ1v) is 8.05. The maximum atomic E-state index is 12.0. The molecule has 1 aromatic carbocycles. The zero-order chi connectivity index (χ0) is 15.8. The molecule has 1 aliphatic heterocycles. The molecule has 6 heteroatoms. The van der Waals surface area contributed by atoms with E-state index in [0.717, 1.165) is 44.2 Å². The average molecular weight is 326 g/mol. The van der Waals surface area contributed by atoms with E-state index in [1.54, 1.807) is 7.11 Å². The first-order chi connectivity index (χ1) is 10.7. The summed E-state index contributed by atoms with van der Waals surface area (Å²) in [5.41, 5.74) is 1.25. The van der Waals surface area contributed by atoms with Crippen LogP contribution >= 0.6 is 11.6 Å². The van der Waals surface area contributed by atoms with E-state index in [4.69, 9.17) is 16.3 Å². The van der Waals surface area contributed by atoms with Gasteiger partial charge in [-0.05, 0) is 24.1 Å². The van der Waals surface area contributed by atoms with E-state index in [1.807, 2.05) is 17.0 Å². The summed E-state index contributed by atoms with van der Waals surface area (Å²) in [4.78, 5) is 16.2. The number of benzene rings is 1. The highest BCUT2D eigenvalue weighted by molar-refractivity contribution is 6.30. The van der Waals surface area contributed by atoms with Gasteiger partial charge in [-0.2, -0.15) is 0 Å². The SMILES string of the molecule is COCCCNC(=O)N1CCN(Cc2ccc(Cl)cc2)CC1. The third-order valence-electron chi connectivity index (χ3n) is 3.78. The van der Waals surface area contributed by atoms with Crippen molar-refractivity contribution in [1.82, 2.24) is 15.1 Å². The van der Waals surface area contributed by atoms with Crippen molar-refractivity contribution in [2.75, 3.05) is 46.4 Å². The molecular formula is C16H24ClN3O2. The fourth-order valence-electron chi connectivity index (χ4n) is 2.48. The molecule has 1 N–H and O–H groups in total. The molecule has 0 bridgehead atoms. The molecule has 2 amide bonds. The van der Waals surface area contributed by atoms with Crippen LogP contribution in [0.2, 0.25) is 5.02 Å². The Morgan fingerprint density at radius 3 is 2.55 bits per heavy atom. The van der Waals surface area contributed by atoms with E-state index < -0.39 is 0 Å². The lowest BCUT2D eigenvalue weighted by atomic mass is 10.2. The van der Waals surface area contributed by atoms with Gasteiger partial charge < -0.3 is 15.0 Å². The van der Waals surface area contributed by atoms with Crippen LogP contribution < -0.4 is 5.32 Å². The summed E-state index contributed by atoms with van der Waals surface area (Å²) in [7, 11) is 1.67. The molecule has 5 nitrogen and oxygen atoms in total. The molecule has 0 saturated carbocycles. The quantitative estimate of drug-likeness (QED) is 0.816. The largest absolute Gasteiger partial charge is 0.385 e. The number of methoxy groups -OCH3 is 1. The molecule has 1 saturated heterocycles. The average Bonchev–Trinajstić information content (AvgIpc) is 2.54. The van der Waals surface area contributed by atoms with Crippen LogP contribution in [0, 0.1) is 0 Å². The topological polar surface area (TPSA) is 44.8 Å². The Labute approximate surface area is 137 Å². The number of carbonyl (C=O) groups is 1. The van der Waals surface area contributed by atoms with E-state index in [9.17, 15) is 4.79 Å². The summed E-state index contributed by atoms with van der Waals surface area (Å²) in [5, 5.41) is 3.69. The molecule has 0 aliphatic carbocycles. The van der Waals surface area contributed by atoms with Gasteiger partial charge in [0.05, 0.1) is 0 Å². The fraction of sp³-hybridized carbons (Fsp3) is 0.562. The predicted octanol–water partition coefficient (Wildman–Crippen LogP) is 2.20. The molecule has 1 aliphatic rings. The fourth-order valence-corrected chi connectivity index (χ4v) is 2.61. The van der Waals surface area contributed by atoms with E-state index in [1.165, 1.54) is 5.56 Å². The van der Waals surface area contributed by atoms with Gasteiger partial charge in [-0.25, -0.2) is 4.79 Å². The van der Waals surface area contributed by atoms with Crippen molar-refractivity contribution >= 4 is 17.6 Å². The Balaban J connectivity index is 1.68. The number of piperazine rings is 1. The Kier molecular flexibility index (Phi) is 6.96. The second-order valence-electron chi connectivity index (χ2n) is 5.47. The van der Waals surface area contributed by atoms with Crippen LogP contribution in [0.1, 0.15) is 12.0 Å². The van der Waals surface area contributed by atoms with Gasteiger partial charge in [0.2, 0.25) is 0 Å². The molecule has 22 heavy (non-hydrogen) atoms. The molecule has 0 unspecified atom stereocenters. The van der Waals surface area contributed by atoms with Crippen LogP contribution in [0.5, 0.6) is 0 Å². The summed E-state index contributed by atoms with van der Waals surface area (Å²) in [6.07, 6.45) is 0.846. The first kappa shape index (κ1) is 17.1. The van der Waals surface area contributed by atoms with E-state index >= 15 is 0 Å². The van der Waals surface area contributed by atoms with Crippen molar-refractivity contribution in [2.45, 2.75) is 13.0 Å². The summed E-state index contributed by atoms with van der Waals surface area (Å²) in [6, 6.07) is 7.97. The lowest BCUT2D eigenvalue weighted by Gasteiger charge is -2.34. The van der Waals surface area contributed by atoms with Gasteiger partial charge in [0.25, 0.3) is 0 Å². The molecule has 1 heterocycles. The van der Waals surface area contributed by atoms with Crippen molar-refractivity contribution in [1.29, 1.82) is 0 Å². The van der Waals surface area contributed by atoms with E-state index in [2.05, 4.69) is 22.3 Å². The smallest absolute Gasteiger partial charge is 0.317 e. The number of amides is 2. The lowest BCUT2D eigenvalue weighted by molar-refractivity contribution is 0.134. The van der Waals surface area contributed by atoms with Crippen molar-refractivity contribution in [2.24, 2.45) is 0 Å². The second kappa shape index (κ2) is 8.98. The van der Waals surface area contributed by atoms with Gasteiger partial charge in [-0.15, -0.1) is 0 Å². The van der Waals surface area contributed by atoms with E-state index in [-0.39, 0.29) is 6.03 Å². The highest BCUT2D eigenvalue weighted by Crippen LogP contribution is 2.12. The van der Waals surface area contributed by atoms with Gasteiger partial charge in [-0.1, -0.05) is 23.7 Å². The van der Waals surface area contributed by atoms with Crippen LogP contribution in [-0.4, -0.2) is 62.3 Å².